The molecule has 1 atom stereocenters. The first-order chi connectivity index (χ1) is 12.0. The van der Waals surface area contributed by atoms with Crippen molar-refractivity contribution in [3.63, 3.8) is 0 Å². The quantitative estimate of drug-likeness (QED) is 0.579. The maximum Gasteiger partial charge on any atom is 0.210 e. The van der Waals surface area contributed by atoms with E-state index in [4.69, 9.17) is 0 Å². The molecule has 1 heterocycles. The Morgan fingerprint density at radius 1 is 0.800 bits per heavy atom. The van der Waals surface area contributed by atoms with Gasteiger partial charge in [-0.05, 0) is 49.4 Å². The van der Waals surface area contributed by atoms with Gasteiger partial charge < -0.3 is 5.32 Å². The maximum absolute atomic E-state index is 12.9. The number of fused-ring (bicyclic) bond motifs is 2. The summed E-state index contributed by atoms with van der Waals surface area (Å²) in [7, 11) is -5.08. The van der Waals surface area contributed by atoms with Crippen molar-refractivity contribution in [2.45, 2.75) is 26.5 Å². The van der Waals surface area contributed by atoms with Crippen LogP contribution in [0.3, 0.4) is 0 Å². The molecule has 0 saturated carbocycles. The second kappa shape index (κ2) is 5.82. The Morgan fingerprint density at radius 2 is 1.44 bits per heavy atom. The summed E-state index contributed by atoms with van der Waals surface area (Å²) < 4.78 is 38.6. The average molecular weight is 369 g/mol. The van der Waals surface area contributed by atoms with Gasteiger partial charge in [-0.3, -0.25) is 0 Å². The van der Waals surface area contributed by atoms with Crippen LogP contribution in [-0.2, 0) is 20.6 Å². The molecule has 0 saturated heterocycles. The van der Waals surface area contributed by atoms with Gasteiger partial charge in [0, 0.05) is 9.79 Å². The van der Waals surface area contributed by atoms with E-state index in [0.29, 0.717) is 21.2 Å². The van der Waals surface area contributed by atoms with Gasteiger partial charge in [0.05, 0.1) is 32.0 Å². The third-order valence-electron chi connectivity index (χ3n) is 4.14. The van der Waals surface area contributed by atoms with E-state index in [0.717, 1.165) is 5.56 Å². The van der Waals surface area contributed by atoms with E-state index in [1.807, 2.05) is 19.1 Å². The number of benzene rings is 3. The molecule has 25 heavy (non-hydrogen) atoms. The van der Waals surface area contributed by atoms with E-state index in [1.165, 1.54) is 6.07 Å². The number of aryl methyl sites for hydroxylation is 1. The summed E-state index contributed by atoms with van der Waals surface area (Å²) in [6.45, 7) is 1.96. The monoisotopic (exact) mass is 369 g/mol. The Balaban J connectivity index is 1.82. The molecule has 126 valence electrons. The summed E-state index contributed by atoms with van der Waals surface area (Å²) >= 11 is 0. The first-order valence-corrected chi connectivity index (χ1v) is 10.3. The van der Waals surface area contributed by atoms with Crippen molar-refractivity contribution in [3.8, 4) is 0 Å². The number of nitrogens with one attached hydrogen (secondary N) is 1. The highest BCUT2D eigenvalue weighted by Gasteiger charge is 2.29. The number of hydrogen-bond acceptors (Lipinski definition) is 4. The van der Waals surface area contributed by atoms with E-state index in [1.54, 1.807) is 48.5 Å². The molecule has 0 spiro atoms. The highest BCUT2D eigenvalue weighted by atomic mass is 32.2. The van der Waals surface area contributed by atoms with Crippen LogP contribution in [0.15, 0.2) is 86.3 Å². The summed E-state index contributed by atoms with van der Waals surface area (Å²) in [5.74, 6) is 0. The topological polar surface area (TPSA) is 63.2 Å². The van der Waals surface area contributed by atoms with Crippen molar-refractivity contribution in [2.75, 3.05) is 5.32 Å². The van der Waals surface area contributed by atoms with Crippen molar-refractivity contribution >= 4 is 32.0 Å². The highest BCUT2D eigenvalue weighted by Crippen LogP contribution is 2.40. The molecule has 6 heteroatoms. The molecule has 4 rings (SSSR count). The smallest absolute Gasteiger partial charge is 0.210 e. The normalized spacial score (nSPS) is 15.6. The predicted molar refractivity (Wildman–Crippen MR) is 97.5 cm³/mol. The molecule has 4 nitrogen and oxygen atoms in total. The third-order valence-corrected chi connectivity index (χ3v) is 7.37. The summed E-state index contributed by atoms with van der Waals surface area (Å²) in [5.41, 5.74) is 2.14. The molecule has 1 aliphatic heterocycles. The fourth-order valence-electron chi connectivity index (χ4n) is 2.81. The summed E-state index contributed by atoms with van der Waals surface area (Å²) in [4.78, 5) is 1.50. The first-order valence-electron chi connectivity index (χ1n) is 7.70. The molecule has 1 N–H and O–H groups in total. The van der Waals surface area contributed by atoms with E-state index >= 15 is 0 Å². The van der Waals surface area contributed by atoms with Gasteiger partial charge in [0.2, 0.25) is 9.84 Å². The standard InChI is InChI=1S/C19H15NO3S2/c1-13-6-8-14(9-7-13)24(21)15-10-11-17-19(12-15)25(22,23)18-5-3-2-4-16(18)20-17/h2-12,20H,1H3. The van der Waals surface area contributed by atoms with Crippen molar-refractivity contribution in [2.24, 2.45) is 0 Å². The molecule has 3 aromatic rings. The van der Waals surface area contributed by atoms with Crippen LogP contribution in [0.1, 0.15) is 5.56 Å². The fraction of sp³-hybridized carbons (Fsp3) is 0.0526. The lowest BCUT2D eigenvalue weighted by Gasteiger charge is -2.21. The minimum atomic E-state index is -3.64. The zero-order valence-corrected chi connectivity index (χ0v) is 15.0. The molecular formula is C19H15NO3S2. The van der Waals surface area contributed by atoms with E-state index < -0.39 is 20.6 Å². The molecule has 0 bridgehead atoms. The lowest BCUT2D eigenvalue weighted by Crippen LogP contribution is -2.14. The Bertz CT molecular complexity index is 1100. The fourth-order valence-corrected chi connectivity index (χ4v) is 5.55. The van der Waals surface area contributed by atoms with Crippen LogP contribution in [0.4, 0.5) is 11.4 Å². The number of hydrogen-bond donors (Lipinski definition) is 1. The SMILES string of the molecule is Cc1ccc(S(=O)c2ccc3c(c2)S(=O)(=O)c2ccccc2N3)cc1. The van der Waals surface area contributed by atoms with Gasteiger partial charge in [0.15, 0.2) is 0 Å². The van der Waals surface area contributed by atoms with Gasteiger partial charge >= 0.3 is 0 Å². The largest absolute Gasteiger partial charge is 0.353 e. The molecule has 3 aromatic carbocycles. The molecule has 0 fully saturated rings. The van der Waals surface area contributed by atoms with Crippen LogP contribution in [0, 0.1) is 6.92 Å². The third kappa shape index (κ3) is 2.67. The van der Waals surface area contributed by atoms with Crippen molar-refractivity contribution in [1.29, 1.82) is 0 Å². The van der Waals surface area contributed by atoms with Crippen molar-refractivity contribution in [3.05, 3.63) is 72.3 Å². The number of sulfone groups is 1. The minimum Gasteiger partial charge on any atom is -0.353 e. The lowest BCUT2D eigenvalue weighted by atomic mass is 10.2. The molecular weight excluding hydrogens is 354 g/mol. The molecule has 0 aliphatic carbocycles. The second-order valence-corrected chi connectivity index (χ2v) is 9.23. The Kier molecular flexibility index (Phi) is 3.74. The van der Waals surface area contributed by atoms with Crippen LogP contribution in [-0.4, -0.2) is 12.6 Å². The molecule has 0 radical (unpaired) electrons. The van der Waals surface area contributed by atoms with Gasteiger partial charge in [0.25, 0.3) is 0 Å². The van der Waals surface area contributed by atoms with E-state index in [9.17, 15) is 12.6 Å². The first kappa shape index (κ1) is 16.1. The zero-order valence-electron chi connectivity index (χ0n) is 13.4. The molecule has 1 aliphatic rings. The van der Waals surface area contributed by atoms with Crippen LogP contribution in [0.25, 0.3) is 0 Å². The number of rotatable bonds is 2. The Hall–Kier alpha value is -2.44. The van der Waals surface area contributed by atoms with Gasteiger partial charge in [0.1, 0.15) is 0 Å². The van der Waals surface area contributed by atoms with Gasteiger partial charge in [-0.25, -0.2) is 12.6 Å². The second-order valence-electron chi connectivity index (χ2n) is 5.86. The van der Waals surface area contributed by atoms with Crippen molar-refractivity contribution in [1.82, 2.24) is 0 Å². The Labute approximate surface area is 148 Å². The lowest BCUT2D eigenvalue weighted by molar-refractivity contribution is 0.595. The molecule has 0 amide bonds. The Morgan fingerprint density at radius 3 is 2.20 bits per heavy atom. The number of anilines is 2. The van der Waals surface area contributed by atoms with Crippen LogP contribution in [0.5, 0.6) is 0 Å². The number of para-hydroxylation sites is 1. The maximum atomic E-state index is 12.9. The zero-order chi connectivity index (χ0) is 17.6. The summed E-state index contributed by atoms with van der Waals surface area (Å²) in [5, 5.41) is 3.13. The predicted octanol–water partition coefficient (Wildman–Crippen LogP) is 4.05. The highest BCUT2D eigenvalue weighted by molar-refractivity contribution is 7.92. The van der Waals surface area contributed by atoms with Gasteiger partial charge in [-0.15, -0.1) is 0 Å². The van der Waals surface area contributed by atoms with Gasteiger partial charge in [-0.1, -0.05) is 29.8 Å². The van der Waals surface area contributed by atoms with E-state index in [-0.39, 0.29) is 9.79 Å². The summed E-state index contributed by atoms with van der Waals surface area (Å²) in [6.07, 6.45) is 0. The molecule has 0 aromatic heterocycles. The van der Waals surface area contributed by atoms with Crippen LogP contribution < -0.4 is 5.32 Å². The van der Waals surface area contributed by atoms with Gasteiger partial charge in [-0.2, -0.15) is 0 Å². The van der Waals surface area contributed by atoms with Crippen LogP contribution in [0.2, 0.25) is 0 Å². The van der Waals surface area contributed by atoms with Crippen LogP contribution >= 0.6 is 0 Å². The molecule has 1 unspecified atom stereocenters. The van der Waals surface area contributed by atoms with Crippen molar-refractivity contribution < 1.29 is 12.6 Å². The van der Waals surface area contributed by atoms with E-state index in [2.05, 4.69) is 5.32 Å². The minimum absolute atomic E-state index is 0.157. The average Bonchev–Trinajstić information content (AvgIpc) is 2.62. The summed E-state index contributed by atoms with van der Waals surface area (Å²) in [6, 6.07) is 19.0.